The number of amides is 1. The van der Waals surface area contributed by atoms with Crippen LogP contribution in [-0.2, 0) is 11.3 Å². The Bertz CT molecular complexity index is 1450. The number of morpholine rings is 1. The van der Waals surface area contributed by atoms with Crippen molar-refractivity contribution >= 4 is 23.0 Å². The van der Waals surface area contributed by atoms with Crippen LogP contribution in [0.15, 0.2) is 60.7 Å². The highest BCUT2D eigenvalue weighted by atomic mass is 19.4. The summed E-state index contributed by atoms with van der Waals surface area (Å²) in [4.78, 5) is 20.0. The normalized spacial score (nSPS) is 19.0. The number of ether oxygens (including phenoxy) is 2. The van der Waals surface area contributed by atoms with Crippen molar-refractivity contribution in [1.29, 1.82) is 0 Å². The maximum absolute atomic E-state index is 14.1. The maximum Gasteiger partial charge on any atom is 0.573 e. The molecule has 3 heterocycles. The average Bonchev–Trinajstić information content (AvgIpc) is 2.96. The Kier molecular flexibility index (Phi) is 7.44. The Balaban J connectivity index is 1.30. The van der Waals surface area contributed by atoms with Gasteiger partial charge in [-0.1, -0.05) is 6.07 Å². The summed E-state index contributed by atoms with van der Waals surface area (Å²) in [5.74, 6) is -2.46. The van der Waals surface area contributed by atoms with E-state index in [1.807, 2.05) is 12.1 Å². The second-order valence-corrected chi connectivity index (χ2v) is 10.7. The van der Waals surface area contributed by atoms with Gasteiger partial charge in [-0.3, -0.25) is 14.6 Å². The van der Waals surface area contributed by atoms with Gasteiger partial charge in [0.15, 0.2) is 11.6 Å². The Labute approximate surface area is 239 Å². The fourth-order valence-corrected chi connectivity index (χ4v) is 5.95. The van der Waals surface area contributed by atoms with Gasteiger partial charge in [-0.2, -0.15) is 0 Å². The summed E-state index contributed by atoms with van der Waals surface area (Å²) in [5.41, 5.74) is 2.30. The molecule has 0 radical (unpaired) electrons. The van der Waals surface area contributed by atoms with Gasteiger partial charge in [-0.25, -0.2) is 8.78 Å². The van der Waals surface area contributed by atoms with E-state index in [1.54, 1.807) is 17.0 Å². The first-order chi connectivity index (χ1) is 20.1. The number of carbonyl (C=O) groups is 1. The van der Waals surface area contributed by atoms with Crippen LogP contribution in [0, 0.1) is 11.6 Å². The number of likely N-dealkylation sites (tertiary alicyclic amines) is 1. The highest BCUT2D eigenvalue weighted by molar-refractivity contribution is 6.13. The van der Waals surface area contributed by atoms with E-state index in [4.69, 9.17) is 4.74 Å². The number of hydrogen-bond acceptors (Lipinski definition) is 6. The van der Waals surface area contributed by atoms with Crippen LogP contribution in [0.25, 0.3) is 0 Å². The minimum absolute atomic E-state index is 0.268. The monoisotopic (exact) mass is 588 g/mol. The zero-order valence-corrected chi connectivity index (χ0v) is 22.6. The summed E-state index contributed by atoms with van der Waals surface area (Å²) in [6, 6.07) is 14.7. The third-order valence-corrected chi connectivity index (χ3v) is 8.01. The van der Waals surface area contributed by atoms with E-state index in [0.29, 0.717) is 68.2 Å². The molecule has 1 spiro atoms. The van der Waals surface area contributed by atoms with Crippen LogP contribution in [0.4, 0.5) is 39.0 Å². The summed E-state index contributed by atoms with van der Waals surface area (Å²) in [6.45, 7) is 4.16. The Morgan fingerprint density at radius 1 is 0.857 bits per heavy atom. The van der Waals surface area contributed by atoms with E-state index in [0.717, 1.165) is 24.8 Å². The largest absolute Gasteiger partial charge is 0.573 e. The van der Waals surface area contributed by atoms with Crippen molar-refractivity contribution in [3.8, 4) is 5.75 Å². The molecule has 2 saturated heterocycles. The molecule has 0 unspecified atom stereocenters. The van der Waals surface area contributed by atoms with Crippen LogP contribution in [0.5, 0.6) is 5.75 Å². The van der Waals surface area contributed by atoms with Gasteiger partial charge in [0.25, 0.3) is 5.91 Å². The molecule has 0 aliphatic carbocycles. The number of carbonyl (C=O) groups excluding carboxylic acids is 1. The number of nitrogens with one attached hydrogen (secondary N) is 1. The summed E-state index contributed by atoms with van der Waals surface area (Å²) >= 11 is 0. The Hall–Kier alpha value is -3.90. The number of nitrogens with zero attached hydrogens (tertiary/aromatic N) is 3. The molecule has 12 heteroatoms. The molecule has 2 fully saturated rings. The molecular formula is C30H29F5N4O3. The topological polar surface area (TPSA) is 57.3 Å². The third kappa shape index (κ3) is 5.73. The molecule has 0 saturated carbocycles. The van der Waals surface area contributed by atoms with Crippen molar-refractivity contribution in [3.05, 3.63) is 83.4 Å². The average molecular weight is 589 g/mol. The second kappa shape index (κ2) is 11.1. The van der Waals surface area contributed by atoms with Gasteiger partial charge in [0.1, 0.15) is 11.4 Å². The van der Waals surface area contributed by atoms with Crippen LogP contribution in [0.3, 0.4) is 0 Å². The molecule has 1 amide bonds. The lowest BCUT2D eigenvalue weighted by atomic mass is 9.89. The Morgan fingerprint density at radius 2 is 1.55 bits per heavy atom. The summed E-state index contributed by atoms with van der Waals surface area (Å²) in [5, 5.41) is 3.62. The zero-order chi connectivity index (χ0) is 29.5. The van der Waals surface area contributed by atoms with Crippen LogP contribution in [0.2, 0.25) is 0 Å². The smallest absolute Gasteiger partial charge is 0.406 e. The third-order valence-electron chi connectivity index (χ3n) is 8.01. The first-order valence-electron chi connectivity index (χ1n) is 13.7. The minimum Gasteiger partial charge on any atom is -0.406 e. The molecule has 1 N–H and O–H groups in total. The summed E-state index contributed by atoms with van der Waals surface area (Å²) in [6.07, 6.45) is -3.88. The van der Waals surface area contributed by atoms with E-state index >= 15 is 0 Å². The van der Waals surface area contributed by atoms with Crippen molar-refractivity contribution in [2.45, 2.75) is 31.4 Å². The fraction of sp³-hybridized carbons (Fsp3) is 0.367. The highest BCUT2D eigenvalue weighted by Gasteiger charge is 2.47. The van der Waals surface area contributed by atoms with Gasteiger partial charge in [0.2, 0.25) is 0 Å². The molecule has 3 aliphatic rings. The zero-order valence-electron chi connectivity index (χ0n) is 22.6. The van der Waals surface area contributed by atoms with Crippen molar-refractivity contribution in [1.82, 2.24) is 4.90 Å². The van der Waals surface area contributed by atoms with E-state index < -0.39 is 23.7 Å². The lowest BCUT2D eigenvalue weighted by Crippen LogP contribution is -2.64. The quantitative estimate of drug-likeness (QED) is 0.383. The first-order valence-corrected chi connectivity index (χ1v) is 13.7. The van der Waals surface area contributed by atoms with E-state index in [9.17, 15) is 26.7 Å². The minimum atomic E-state index is -4.83. The summed E-state index contributed by atoms with van der Waals surface area (Å²) in [7, 11) is 0. The van der Waals surface area contributed by atoms with Gasteiger partial charge < -0.3 is 19.7 Å². The van der Waals surface area contributed by atoms with E-state index in [-0.39, 0.29) is 11.7 Å². The first kappa shape index (κ1) is 28.2. The van der Waals surface area contributed by atoms with Crippen LogP contribution in [0.1, 0.15) is 28.8 Å². The Morgan fingerprint density at radius 3 is 2.21 bits per heavy atom. The second-order valence-electron chi connectivity index (χ2n) is 10.7. The van der Waals surface area contributed by atoms with Crippen molar-refractivity contribution in [2.24, 2.45) is 0 Å². The standard InChI is InChI=1S/C30H29F5N4O3/c31-25-8-1-20(17-26(25)32)19-37-11-9-29(10-12-37)36-27-18-22(38-13-15-41-16-14-38)4-7-24(27)28(40)39(29)21-2-5-23(6-3-21)42-30(33,34)35/h1-8,17-18,36H,9-16,19H2. The van der Waals surface area contributed by atoms with Crippen LogP contribution in [-0.4, -0.2) is 62.2 Å². The van der Waals surface area contributed by atoms with Gasteiger partial charge in [0, 0.05) is 56.9 Å². The molecule has 0 atom stereocenters. The van der Waals surface area contributed by atoms with Crippen LogP contribution >= 0.6 is 0 Å². The SMILES string of the molecule is O=C1c2ccc(N3CCOCC3)cc2NC2(CCN(Cc3ccc(F)c(F)c3)CC2)N1c1ccc(OC(F)(F)F)cc1. The number of rotatable bonds is 5. The maximum atomic E-state index is 14.1. The predicted octanol–water partition coefficient (Wildman–Crippen LogP) is 5.76. The van der Waals surface area contributed by atoms with Crippen molar-refractivity contribution in [2.75, 3.05) is 54.5 Å². The van der Waals surface area contributed by atoms with Crippen LogP contribution < -0.4 is 19.9 Å². The number of benzene rings is 3. The molecule has 222 valence electrons. The van der Waals surface area contributed by atoms with Gasteiger partial charge in [-0.15, -0.1) is 13.2 Å². The van der Waals surface area contributed by atoms with E-state index in [2.05, 4.69) is 19.9 Å². The van der Waals surface area contributed by atoms with Gasteiger partial charge in [0.05, 0.1) is 24.5 Å². The van der Waals surface area contributed by atoms with Crippen molar-refractivity contribution < 1.29 is 36.2 Å². The molecular weight excluding hydrogens is 559 g/mol. The fourth-order valence-electron chi connectivity index (χ4n) is 5.95. The van der Waals surface area contributed by atoms with Crippen molar-refractivity contribution in [3.63, 3.8) is 0 Å². The molecule has 3 aliphatic heterocycles. The molecule has 6 rings (SSSR count). The molecule has 3 aromatic carbocycles. The number of anilines is 3. The number of alkyl halides is 3. The van der Waals surface area contributed by atoms with E-state index in [1.165, 1.54) is 30.3 Å². The van der Waals surface area contributed by atoms with Gasteiger partial charge in [-0.05, 0) is 60.2 Å². The molecule has 0 aromatic heterocycles. The predicted molar refractivity (Wildman–Crippen MR) is 147 cm³/mol. The lowest BCUT2D eigenvalue weighted by Gasteiger charge is -2.52. The highest BCUT2D eigenvalue weighted by Crippen LogP contribution is 2.42. The number of fused-ring (bicyclic) bond motifs is 1. The molecule has 3 aromatic rings. The number of hydrogen-bond donors (Lipinski definition) is 1. The molecule has 7 nitrogen and oxygen atoms in total. The van der Waals surface area contributed by atoms with Gasteiger partial charge >= 0.3 is 6.36 Å². The number of piperidine rings is 1. The molecule has 42 heavy (non-hydrogen) atoms. The number of halogens is 5. The molecule has 0 bridgehead atoms. The lowest BCUT2D eigenvalue weighted by molar-refractivity contribution is -0.274. The summed E-state index contributed by atoms with van der Waals surface area (Å²) < 4.78 is 75.0.